The number of amides is 2. The molecule has 0 aliphatic heterocycles. The van der Waals surface area contributed by atoms with Gasteiger partial charge in [0.25, 0.3) is 0 Å². The zero-order valence-corrected chi connectivity index (χ0v) is 28.0. The normalized spacial score (nSPS) is 11.7. The largest absolute Gasteiger partial charge is 0.497 e. The summed E-state index contributed by atoms with van der Waals surface area (Å²) in [5, 5.41) is 2.99. The van der Waals surface area contributed by atoms with Gasteiger partial charge in [-0.05, 0) is 59.5 Å². The molecule has 2 amide bonds. The van der Waals surface area contributed by atoms with Crippen molar-refractivity contribution in [3.05, 3.63) is 126 Å². The summed E-state index contributed by atoms with van der Waals surface area (Å²) in [6.45, 7) is 2.43. The molecule has 0 unspecified atom stereocenters. The Morgan fingerprint density at radius 2 is 1.45 bits per heavy atom. The number of hydrogen-bond donors (Lipinski definition) is 1. The van der Waals surface area contributed by atoms with Gasteiger partial charge < -0.3 is 19.7 Å². The average Bonchev–Trinajstić information content (AvgIpc) is 3.08. The summed E-state index contributed by atoms with van der Waals surface area (Å²) < 4.78 is 38.6. The number of carbonyl (C=O) groups is 2. The quantitative estimate of drug-likeness (QED) is 0.148. The van der Waals surface area contributed by atoms with Crippen LogP contribution < -0.4 is 19.1 Å². The van der Waals surface area contributed by atoms with E-state index in [1.165, 1.54) is 4.90 Å². The molecule has 1 N–H and O–H groups in total. The first-order chi connectivity index (χ1) is 22.7. The Morgan fingerprint density at radius 3 is 2.06 bits per heavy atom. The highest BCUT2D eigenvalue weighted by molar-refractivity contribution is 7.92. The van der Waals surface area contributed by atoms with E-state index in [1.54, 1.807) is 43.5 Å². The van der Waals surface area contributed by atoms with E-state index in [1.807, 2.05) is 79.7 Å². The Balaban J connectivity index is 1.64. The first-order valence-electron chi connectivity index (χ1n) is 15.7. The highest BCUT2D eigenvalue weighted by Crippen LogP contribution is 2.24. The van der Waals surface area contributed by atoms with E-state index < -0.39 is 28.5 Å². The molecule has 4 rings (SSSR count). The molecule has 9 nitrogen and oxygen atoms in total. The van der Waals surface area contributed by atoms with Gasteiger partial charge in [0.2, 0.25) is 21.8 Å². The van der Waals surface area contributed by atoms with Crippen molar-refractivity contribution >= 4 is 27.5 Å². The minimum absolute atomic E-state index is 0.0681. The second kappa shape index (κ2) is 17.2. The number of benzene rings is 4. The number of rotatable bonds is 17. The van der Waals surface area contributed by atoms with Gasteiger partial charge in [-0.25, -0.2) is 8.42 Å². The first kappa shape index (κ1) is 35.0. The number of anilines is 1. The van der Waals surface area contributed by atoms with Crippen LogP contribution in [0.1, 0.15) is 36.5 Å². The Hall–Kier alpha value is -4.83. The number of nitrogens with one attached hydrogen (secondary N) is 1. The lowest BCUT2D eigenvalue weighted by atomic mass is 10.0. The molecule has 4 aromatic carbocycles. The maximum atomic E-state index is 14.3. The van der Waals surface area contributed by atoms with Crippen LogP contribution in [0.3, 0.4) is 0 Å². The lowest BCUT2D eigenvalue weighted by Crippen LogP contribution is -2.53. The van der Waals surface area contributed by atoms with Crippen LogP contribution in [0.4, 0.5) is 5.69 Å². The molecule has 47 heavy (non-hydrogen) atoms. The molecule has 0 heterocycles. The molecule has 0 spiro atoms. The van der Waals surface area contributed by atoms with Gasteiger partial charge in [-0.15, -0.1) is 0 Å². The Kier molecular flexibility index (Phi) is 12.8. The van der Waals surface area contributed by atoms with Crippen molar-refractivity contribution in [1.82, 2.24) is 10.2 Å². The van der Waals surface area contributed by atoms with Crippen molar-refractivity contribution in [2.45, 2.75) is 45.4 Å². The number of nitrogens with zero attached hydrogens (tertiary/aromatic N) is 2. The third-order valence-corrected chi connectivity index (χ3v) is 8.78. The van der Waals surface area contributed by atoms with Crippen molar-refractivity contribution < 1.29 is 27.5 Å². The fourth-order valence-corrected chi connectivity index (χ4v) is 5.94. The maximum Gasteiger partial charge on any atom is 0.244 e. The van der Waals surface area contributed by atoms with E-state index in [2.05, 4.69) is 5.32 Å². The summed E-state index contributed by atoms with van der Waals surface area (Å²) in [5.74, 6) is 0.344. The molecular weight excluding hydrogens is 614 g/mol. The number of ether oxygens (including phenoxy) is 2. The van der Waals surface area contributed by atoms with Crippen LogP contribution in [-0.2, 0) is 39.2 Å². The van der Waals surface area contributed by atoms with Crippen LogP contribution >= 0.6 is 0 Å². The first-order valence-corrected chi connectivity index (χ1v) is 17.5. The van der Waals surface area contributed by atoms with Gasteiger partial charge >= 0.3 is 0 Å². The number of hydrogen-bond acceptors (Lipinski definition) is 6. The average molecular weight is 658 g/mol. The molecule has 0 aliphatic rings. The summed E-state index contributed by atoms with van der Waals surface area (Å²) in [5.41, 5.74) is 2.92. The summed E-state index contributed by atoms with van der Waals surface area (Å²) in [6, 6.07) is 32.1. The zero-order valence-electron chi connectivity index (χ0n) is 27.2. The number of unbranched alkanes of at least 4 members (excludes halogenated alkanes) is 1. The predicted molar refractivity (Wildman–Crippen MR) is 185 cm³/mol. The van der Waals surface area contributed by atoms with Crippen LogP contribution in [0.25, 0.3) is 0 Å². The van der Waals surface area contributed by atoms with Gasteiger partial charge in [-0.1, -0.05) is 86.1 Å². The highest BCUT2D eigenvalue weighted by atomic mass is 32.2. The number of sulfonamides is 1. The minimum atomic E-state index is -3.90. The van der Waals surface area contributed by atoms with E-state index in [0.717, 1.165) is 40.1 Å². The minimum Gasteiger partial charge on any atom is -0.497 e. The van der Waals surface area contributed by atoms with Gasteiger partial charge in [0.05, 0.1) is 19.1 Å². The van der Waals surface area contributed by atoms with E-state index in [4.69, 9.17) is 9.47 Å². The Bertz CT molecular complexity index is 1680. The van der Waals surface area contributed by atoms with Crippen molar-refractivity contribution in [3.63, 3.8) is 0 Å². The smallest absolute Gasteiger partial charge is 0.244 e. The van der Waals surface area contributed by atoms with Crippen molar-refractivity contribution in [2.75, 3.05) is 30.8 Å². The summed E-state index contributed by atoms with van der Waals surface area (Å²) >= 11 is 0. The maximum absolute atomic E-state index is 14.3. The third-order valence-electron chi connectivity index (χ3n) is 7.64. The Morgan fingerprint density at radius 1 is 0.809 bits per heavy atom. The molecule has 248 valence electrons. The van der Waals surface area contributed by atoms with E-state index >= 15 is 0 Å². The van der Waals surface area contributed by atoms with Crippen molar-refractivity contribution in [3.8, 4) is 11.5 Å². The summed E-state index contributed by atoms with van der Waals surface area (Å²) in [7, 11) is -2.34. The molecule has 10 heteroatoms. The van der Waals surface area contributed by atoms with Gasteiger partial charge in [-0.2, -0.15) is 0 Å². The van der Waals surface area contributed by atoms with Gasteiger partial charge in [0.15, 0.2) is 0 Å². The van der Waals surface area contributed by atoms with Crippen molar-refractivity contribution in [2.24, 2.45) is 0 Å². The molecule has 0 fully saturated rings. The molecule has 0 radical (unpaired) electrons. The van der Waals surface area contributed by atoms with Gasteiger partial charge in [0, 0.05) is 19.5 Å². The van der Waals surface area contributed by atoms with Crippen LogP contribution in [0.2, 0.25) is 0 Å². The molecular formula is C37H43N3O6S. The van der Waals surface area contributed by atoms with E-state index in [0.29, 0.717) is 30.3 Å². The highest BCUT2D eigenvalue weighted by Gasteiger charge is 2.33. The fourth-order valence-electron chi connectivity index (χ4n) is 5.09. The van der Waals surface area contributed by atoms with Crippen molar-refractivity contribution in [1.29, 1.82) is 0 Å². The zero-order chi connectivity index (χ0) is 33.6. The SMILES string of the molecule is CCCCNC(=O)[C@@H](Cc1ccccc1)N(Cc1cccc(OC)c1)C(=O)CN(c1ccc(OCc2ccccc2)cc1)S(C)(=O)=O. The molecule has 0 aliphatic carbocycles. The fraction of sp³-hybridized carbons (Fsp3) is 0.297. The van der Waals surface area contributed by atoms with E-state index in [9.17, 15) is 18.0 Å². The van der Waals surface area contributed by atoms with Crippen LogP contribution in [0.15, 0.2) is 109 Å². The lowest BCUT2D eigenvalue weighted by molar-refractivity contribution is -0.140. The van der Waals surface area contributed by atoms with Crippen LogP contribution in [0, 0.1) is 0 Å². The molecule has 1 atom stereocenters. The summed E-state index contributed by atoms with van der Waals surface area (Å²) in [4.78, 5) is 29.5. The second-order valence-corrected chi connectivity index (χ2v) is 13.2. The predicted octanol–water partition coefficient (Wildman–Crippen LogP) is 5.60. The molecule has 0 saturated carbocycles. The molecule has 0 aromatic heterocycles. The van der Waals surface area contributed by atoms with Crippen LogP contribution in [-0.4, -0.2) is 57.6 Å². The van der Waals surface area contributed by atoms with Crippen LogP contribution in [0.5, 0.6) is 11.5 Å². The molecule has 4 aromatic rings. The third kappa shape index (κ3) is 10.6. The topological polar surface area (TPSA) is 105 Å². The Labute approximate surface area is 278 Å². The summed E-state index contributed by atoms with van der Waals surface area (Å²) in [6.07, 6.45) is 3.00. The van der Waals surface area contributed by atoms with Gasteiger partial charge in [-0.3, -0.25) is 13.9 Å². The second-order valence-electron chi connectivity index (χ2n) is 11.3. The van der Waals surface area contributed by atoms with E-state index in [-0.39, 0.29) is 18.9 Å². The standard InChI is InChI=1S/C37H43N3O6S/c1-4-5-23-38-37(42)35(25-29-13-8-6-9-14-29)39(26-31-17-12-18-34(24-31)45-2)36(41)27-40(47(3,43)44)32-19-21-33(22-20-32)46-28-30-15-10-7-11-16-30/h6-22,24,35H,4-5,23,25-28H2,1-3H3,(H,38,42)/t35-/m1/s1. The lowest BCUT2D eigenvalue weighted by Gasteiger charge is -2.33. The number of methoxy groups -OCH3 is 1. The molecule has 0 saturated heterocycles. The molecule has 0 bridgehead atoms. The van der Waals surface area contributed by atoms with Gasteiger partial charge in [0.1, 0.15) is 30.7 Å². The number of carbonyl (C=O) groups excluding carboxylic acids is 2. The monoisotopic (exact) mass is 657 g/mol.